The minimum atomic E-state index is -1.94. The highest BCUT2D eigenvalue weighted by Crippen LogP contribution is 2.18. The van der Waals surface area contributed by atoms with E-state index in [1.807, 2.05) is 24.3 Å². The van der Waals surface area contributed by atoms with Crippen LogP contribution in [-0.4, -0.2) is 59.2 Å². The van der Waals surface area contributed by atoms with Crippen molar-refractivity contribution in [2.24, 2.45) is 0 Å². The van der Waals surface area contributed by atoms with Gasteiger partial charge < -0.3 is 15.3 Å². The molecule has 0 aliphatic carbocycles. The van der Waals surface area contributed by atoms with Crippen molar-refractivity contribution in [1.82, 2.24) is 15.7 Å². The molecular weight excluding hydrogens is 398 g/mol. The lowest BCUT2D eigenvalue weighted by molar-refractivity contribution is -0.148. The van der Waals surface area contributed by atoms with Crippen LogP contribution in [0.4, 0.5) is 0 Å². The third-order valence-electron chi connectivity index (χ3n) is 5.03. The Bertz CT molecular complexity index is 988. The third-order valence-corrected chi connectivity index (χ3v) is 5.03. The average molecular weight is 423 g/mol. The van der Waals surface area contributed by atoms with E-state index in [0.29, 0.717) is 12.0 Å². The molecule has 0 aliphatic rings. The second-order valence-corrected chi connectivity index (χ2v) is 6.95. The summed E-state index contributed by atoms with van der Waals surface area (Å²) in [6.45, 7) is 1.33. The standard InChI is InChI=1S/C23H25N3O5/c1-23(21(29)24-2,22(30)25-31)26(3)20(28)19-12-10-17(11-13-19)5-4-16-6-8-18(9-7-16)14-15-27/h6-13,27,31H,14-15H2,1-3H3,(H,24,29)(H,25,30). The van der Waals surface area contributed by atoms with Crippen molar-refractivity contribution < 1.29 is 24.7 Å². The summed E-state index contributed by atoms with van der Waals surface area (Å²) in [5.74, 6) is 3.68. The predicted octanol–water partition coefficient (Wildman–Crippen LogP) is 0.703. The van der Waals surface area contributed by atoms with Crippen LogP contribution in [0.25, 0.3) is 0 Å². The quantitative estimate of drug-likeness (QED) is 0.236. The zero-order chi connectivity index (χ0) is 23.0. The van der Waals surface area contributed by atoms with E-state index in [9.17, 15) is 14.4 Å². The van der Waals surface area contributed by atoms with Crippen molar-refractivity contribution in [3.05, 3.63) is 70.8 Å². The molecule has 1 atom stereocenters. The number of hydrogen-bond acceptors (Lipinski definition) is 5. The number of hydroxylamine groups is 1. The molecular formula is C23H25N3O5. The Morgan fingerprint density at radius 1 is 0.968 bits per heavy atom. The van der Waals surface area contributed by atoms with Crippen LogP contribution in [0.2, 0.25) is 0 Å². The minimum absolute atomic E-state index is 0.0955. The first-order chi connectivity index (χ1) is 14.8. The normalized spacial score (nSPS) is 12.0. The molecule has 2 aromatic carbocycles. The van der Waals surface area contributed by atoms with Crippen molar-refractivity contribution in [2.75, 3.05) is 20.7 Å². The molecule has 2 aromatic rings. The molecule has 2 rings (SSSR count). The topological polar surface area (TPSA) is 119 Å². The van der Waals surface area contributed by atoms with Gasteiger partial charge in [-0.05, 0) is 55.3 Å². The van der Waals surface area contributed by atoms with E-state index in [2.05, 4.69) is 17.2 Å². The monoisotopic (exact) mass is 423 g/mol. The molecule has 0 radical (unpaired) electrons. The molecule has 4 N–H and O–H groups in total. The average Bonchev–Trinajstić information content (AvgIpc) is 2.81. The number of aliphatic hydroxyl groups is 1. The van der Waals surface area contributed by atoms with E-state index in [-0.39, 0.29) is 12.2 Å². The smallest absolute Gasteiger partial charge is 0.278 e. The van der Waals surface area contributed by atoms with Gasteiger partial charge in [-0.15, -0.1) is 0 Å². The summed E-state index contributed by atoms with van der Waals surface area (Å²) in [7, 11) is 2.64. The van der Waals surface area contributed by atoms with Crippen LogP contribution in [0.15, 0.2) is 48.5 Å². The minimum Gasteiger partial charge on any atom is -0.396 e. The second-order valence-electron chi connectivity index (χ2n) is 6.95. The Balaban J connectivity index is 2.20. The molecule has 31 heavy (non-hydrogen) atoms. The van der Waals surface area contributed by atoms with E-state index in [0.717, 1.165) is 16.0 Å². The summed E-state index contributed by atoms with van der Waals surface area (Å²) >= 11 is 0. The van der Waals surface area contributed by atoms with Crippen molar-refractivity contribution in [3.8, 4) is 11.8 Å². The van der Waals surface area contributed by atoms with Gasteiger partial charge in [0.25, 0.3) is 17.7 Å². The molecule has 162 valence electrons. The molecule has 0 spiro atoms. The van der Waals surface area contributed by atoms with Gasteiger partial charge in [0.1, 0.15) is 0 Å². The highest BCUT2D eigenvalue weighted by molar-refractivity contribution is 6.12. The largest absolute Gasteiger partial charge is 0.396 e. The molecule has 8 nitrogen and oxygen atoms in total. The highest BCUT2D eigenvalue weighted by Gasteiger charge is 2.47. The number of rotatable bonds is 6. The summed E-state index contributed by atoms with van der Waals surface area (Å²) in [5, 5.41) is 20.3. The van der Waals surface area contributed by atoms with E-state index in [1.54, 1.807) is 24.3 Å². The summed E-state index contributed by atoms with van der Waals surface area (Å²) in [5.41, 5.74) is 2.27. The number of nitrogens with one attached hydrogen (secondary N) is 2. The predicted molar refractivity (Wildman–Crippen MR) is 114 cm³/mol. The van der Waals surface area contributed by atoms with Crippen LogP contribution < -0.4 is 10.8 Å². The number of hydrogen-bond donors (Lipinski definition) is 4. The van der Waals surface area contributed by atoms with Gasteiger partial charge in [0.2, 0.25) is 0 Å². The number of nitrogens with zero attached hydrogens (tertiary/aromatic N) is 1. The molecule has 8 heteroatoms. The summed E-state index contributed by atoms with van der Waals surface area (Å²) < 4.78 is 0. The zero-order valence-corrected chi connectivity index (χ0v) is 17.6. The van der Waals surface area contributed by atoms with Gasteiger partial charge in [-0.3, -0.25) is 19.6 Å². The van der Waals surface area contributed by atoms with Gasteiger partial charge in [-0.2, -0.15) is 0 Å². The van der Waals surface area contributed by atoms with Crippen molar-refractivity contribution >= 4 is 17.7 Å². The molecule has 0 bridgehead atoms. The second kappa shape index (κ2) is 10.4. The summed E-state index contributed by atoms with van der Waals surface area (Å²) in [6, 6.07) is 14.0. The first-order valence-electron chi connectivity index (χ1n) is 9.54. The molecule has 0 heterocycles. The maximum Gasteiger partial charge on any atom is 0.278 e. The number of likely N-dealkylation sites (N-methyl/N-ethyl adjacent to an activating group) is 2. The Morgan fingerprint density at radius 2 is 1.48 bits per heavy atom. The van der Waals surface area contributed by atoms with Crippen LogP contribution in [0.3, 0.4) is 0 Å². The SMILES string of the molecule is CNC(=O)C(C)(C(=O)NO)N(C)C(=O)c1ccc(C#Cc2ccc(CCO)cc2)cc1. The van der Waals surface area contributed by atoms with Gasteiger partial charge >= 0.3 is 0 Å². The van der Waals surface area contributed by atoms with Crippen molar-refractivity contribution in [3.63, 3.8) is 0 Å². The third kappa shape index (κ3) is 5.28. The van der Waals surface area contributed by atoms with Crippen LogP contribution in [-0.2, 0) is 16.0 Å². The molecule has 0 saturated carbocycles. The number of aliphatic hydroxyl groups excluding tert-OH is 1. The molecule has 0 saturated heterocycles. The van der Waals surface area contributed by atoms with Crippen LogP contribution in [0.5, 0.6) is 0 Å². The van der Waals surface area contributed by atoms with Crippen molar-refractivity contribution in [1.29, 1.82) is 0 Å². The van der Waals surface area contributed by atoms with E-state index in [4.69, 9.17) is 10.3 Å². The molecule has 0 fully saturated rings. The number of carbonyl (C=O) groups is 3. The fourth-order valence-corrected chi connectivity index (χ4v) is 2.88. The van der Waals surface area contributed by atoms with Crippen LogP contribution in [0, 0.1) is 11.8 Å². The number of carbonyl (C=O) groups excluding carboxylic acids is 3. The van der Waals surface area contributed by atoms with Gasteiger partial charge in [0.15, 0.2) is 5.54 Å². The number of benzene rings is 2. The Kier molecular flexibility index (Phi) is 7.91. The fourth-order valence-electron chi connectivity index (χ4n) is 2.88. The lowest BCUT2D eigenvalue weighted by atomic mass is 9.96. The lowest BCUT2D eigenvalue weighted by Crippen LogP contribution is -2.64. The van der Waals surface area contributed by atoms with Gasteiger partial charge in [0.05, 0.1) is 0 Å². The molecule has 3 amide bonds. The highest BCUT2D eigenvalue weighted by atomic mass is 16.5. The van der Waals surface area contributed by atoms with Crippen LogP contribution >= 0.6 is 0 Å². The van der Waals surface area contributed by atoms with E-state index < -0.39 is 23.3 Å². The maximum atomic E-state index is 12.8. The molecule has 1 unspecified atom stereocenters. The Labute approximate surface area is 180 Å². The van der Waals surface area contributed by atoms with Crippen LogP contribution in [0.1, 0.15) is 34.0 Å². The Hall–Kier alpha value is -3.67. The molecule has 0 aliphatic heterocycles. The van der Waals surface area contributed by atoms with Gasteiger partial charge in [-0.25, -0.2) is 5.48 Å². The number of amides is 3. The van der Waals surface area contributed by atoms with Crippen molar-refractivity contribution in [2.45, 2.75) is 18.9 Å². The lowest BCUT2D eigenvalue weighted by Gasteiger charge is -2.34. The zero-order valence-electron chi connectivity index (χ0n) is 17.6. The first-order valence-corrected chi connectivity index (χ1v) is 9.54. The Morgan fingerprint density at radius 3 is 1.94 bits per heavy atom. The molecule has 0 aromatic heterocycles. The van der Waals surface area contributed by atoms with Gasteiger partial charge in [-0.1, -0.05) is 24.0 Å². The first kappa shape index (κ1) is 23.6. The van der Waals surface area contributed by atoms with E-state index in [1.165, 1.54) is 26.5 Å². The van der Waals surface area contributed by atoms with E-state index >= 15 is 0 Å². The van der Waals surface area contributed by atoms with Gasteiger partial charge in [0, 0.05) is 37.4 Å². The maximum absolute atomic E-state index is 12.8. The fraction of sp³-hybridized carbons (Fsp3) is 0.261. The summed E-state index contributed by atoms with van der Waals surface area (Å²) in [4.78, 5) is 38.1. The summed E-state index contributed by atoms with van der Waals surface area (Å²) in [6.07, 6.45) is 0.594.